The van der Waals surface area contributed by atoms with E-state index in [0.717, 1.165) is 32.3 Å². The Hall–Kier alpha value is -2.94. The summed E-state index contributed by atoms with van der Waals surface area (Å²) in [5.74, 6) is 0.429. The van der Waals surface area contributed by atoms with Crippen molar-refractivity contribution in [3.8, 4) is 0 Å². The summed E-state index contributed by atoms with van der Waals surface area (Å²) in [6.07, 6.45) is 7.02. The molecule has 2 aromatic heterocycles. The molecule has 160 valence electrons. The number of urea groups is 1. The van der Waals surface area contributed by atoms with Gasteiger partial charge in [0.15, 0.2) is 11.5 Å². The molecule has 9 nitrogen and oxygen atoms in total. The van der Waals surface area contributed by atoms with E-state index in [9.17, 15) is 9.59 Å². The van der Waals surface area contributed by atoms with E-state index in [1.54, 1.807) is 16.8 Å². The second kappa shape index (κ2) is 9.25. The molecular formula is C21H28N6O3. The van der Waals surface area contributed by atoms with Gasteiger partial charge in [0.05, 0.1) is 6.10 Å². The Morgan fingerprint density at radius 1 is 1.33 bits per heavy atom. The van der Waals surface area contributed by atoms with Crippen molar-refractivity contribution in [2.75, 3.05) is 31.1 Å². The normalized spacial score (nSPS) is 19.7. The summed E-state index contributed by atoms with van der Waals surface area (Å²) in [5.41, 5.74) is 1.08. The summed E-state index contributed by atoms with van der Waals surface area (Å²) in [6.45, 7) is 6.75. The van der Waals surface area contributed by atoms with Gasteiger partial charge in [0.25, 0.3) is 5.56 Å². The highest BCUT2D eigenvalue weighted by molar-refractivity contribution is 5.74. The molecule has 2 aliphatic heterocycles. The molecule has 30 heavy (non-hydrogen) atoms. The van der Waals surface area contributed by atoms with Crippen LogP contribution in [0.15, 0.2) is 35.8 Å². The summed E-state index contributed by atoms with van der Waals surface area (Å²) in [5, 5.41) is 5.93. The number of hydrogen-bond acceptors (Lipinski definition) is 6. The van der Waals surface area contributed by atoms with E-state index in [-0.39, 0.29) is 23.7 Å². The highest BCUT2D eigenvalue weighted by Crippen LogP contribution is 2.18. The number of nitrogens with zero attached hydrogens (tertiary/aromatic N) is 4. The Balaban J connectivity index is 1.38. The van der Waals surface area contributed by atoms with Crippen LogP contribution in [0.4, 0.5) is 10.6 Å². The first-order valence-electron chi connectivity index (χ1n) is 10.5. The fourth-order valence-corrected chi connectivity index (χ4v) is 4.05. The molecule has 4 rings (SSSR count). The molecule has 0 saturated carbocycles. The third kappa shape index (κ3) is 4.46. The molecule has 0 spiro atoms. The number of anilines is 1. The van der Waals surface area contributed by atoms with E-state index in [1.165, 1.54) is 0 Å². The van der Waals surface area contributed by atoms with Gasteiger partial charge in [-0.2, -0.15) is 0 Å². The monoisotopic (exact) mass is 412 g/mol. The average molecular weight is 412 g/mol. The Bertz CT molecular complexity index is 961. The fraction of sp³-hybridized carbons (Fsp3) is 0.524. The molecule has 2 saturated heterocycles. The minimum atomic E-state index is -0.165. The largest absolute Gasteiger partial charge is 0.376 e. The van der Waals surface area contributed by atoms with Crippen LogP contribution in [0.25, 0.3) is 11.2 Å². The van der Waals surface area contributed by atoms with Gasteiger partial charge in [-0.25, -0.2) is 14.8 Å². The van der Waals surface area contributed by atoms with Crippen LogP contribution in [-0.2, 0) is 11.3 Å². The number of piperidine rings is 1. The molecule has 0 bridgehead atoms. The van der Waals surface area contributed by atoms with E-state index in [2.05, 4.69) is 27.2 Å². The predicted octanol–water partition coefficient (Wildman–Crippen LogP) is 1.42. The number of carbonyl (C=O) groups excluding carboxylic acids is 1. The van der Waals surface area contributed by atoms with Crippen molar-refractivity contribution in [1.29, 1.82) is 0 Å². The highest BCUT2D eigenvalue weighted by atomic mass is 16.5. The van der Waals surface area contributed by atoms with Crippen molar-refractivity contribution in [2.45, 2.75) is 44.4 Å². The number of nitrogens with one attached hydrogen (secondary N) is 2. The molecule has 0 aromatic carbocycles. The third-order valence-corrected chi connectivity index (χ3v) is 5.64. The predicted molar refractivity (Wildman–Crippen MR) is 115 cm³/mol. The zero-order valence-electron chi connectivity index (χ0n) is 17.0. The van der Waals surface area contributed by atoms with Gasteiger partial charge in [-0.1, -0.05) is 6.08 Å². The second-order valence-corrected chi connectivity index (χ2v) is 7.74. The lowest BCUT2D eigenvalue weighted by Crippen LogP contribution is -2.50. The Morgan fingerprint density at radius 3 is 2.90 bits per heavy atom. The van der Waals surface area contributed by atoms with Crippen LogP contribution < -0.4 is 21.1 Å². The van der Waals surface area contributed by atoms with Crippen LogP contribution >= 0.6 is 0 Å². The number of allylic oxidation sites excluding steroid dienone is 1. The summed E-state index contributed by atoms with van der Waals surface area (Å²) in [7, 11) is 0. The fourth-order valence-electron chi connectivity index (χ4n) is 4.05. The molecule has 4 heterocycles. The van der Waals surface area contributed by atoms with E-state index in [1.807, 2.05) is 17.0 Å². The summed E-state index contributed by atoms with van der Waals surface area (Å²) in [6, 6.07) is 3.58. The van der Waals surface area contributed by atoms with Gasteiger partial charge in [0, 0.05) is 45.0 Å². The van der Waals surface area contributed by atoms with Crippen LogP contribution in [0.2, 0.25) is 0 Å². The number of hydrogen-bond donors (Lipinski definition) is 2. The number of aromatic nitrogens is 3. The number of ether oxygens (including phenoxy) is 1. The van der Waals surface area contributed by atoms with Gasteiger partial charge in [-0.3, -0.25) is 9.36 Å². The van der Waals surface area contributed by atoms with E-state index in [0.29, 0.717) is 43.2 Å². The first-order chi connectivity index (χ1) is 14.7. The summed E-state index contributed by atoms with van der Waals surface area (Å²) < 4.78 is 7.13. The summed E-state index contributed by atoms with van der Waals surface area (Å²) in [4.78, 5) is 36.1. The van der Waals surface area contributed by atoms with Gasteiger partial charge < -0.3 is 20.3 Å². The molecule has 0 aliphatic carbocycles. The molecule has 2 aromatic rings. The van der Waals surface area contributed by atoms with Crippen molar-refractivity contribution >= 4 is 23.0 Å². The van der Waals surface area contributed by atoms with Crippen molar-refractivity contribution in [2.24, 2.45) is 0 Å². The minimum absolute atomic E-state index is 0.0725. The van der Waals surface area contributed by atoms with Gasteiger partial charge in [0.1, 0.15) is 5.52 Å². The van der Waals surface area contributed by atoms with Crippen LogP contribution in [0.1, 0.15) is 25.7 Å². The maximum atomic E-state index is 13.0. The van der Waals surface area contributed by atoms with Crippen LogP contribution in [0, 0.1) is 0 Å². The van der Waals surface area contributed by atoms with Crippen molar-refractivity contribution in [3.63, 3.8) is 0 Å². The topological polar surface area (TPSA) is 101 Å². The lowest BCUT2D eigenvalue weighted by molar-refractivity contribution is 0.111. The molecule has 2 fully saturated rings. The molecule has 2 aliphatic rings. The van der Waals surface area contributed by atoms with Gasteiger partial charge in [-0.15, -0.1) is 6.58 Å². The smallest absolute Gasteiger partial charge is 0.315 e. The van der Waals surface area contributed by atoms with Gasteiger partial charge in [-0.05, 0) is 37.8 Å². The zero-order valence-corrected chi connectivity index (χ0v) is 17.0. The Kier molecular flexibility index (Phi) is 6.27. The lowest BCUT2D eigenvalue weighted by atomic mass is 10.1. The number of amides is 2. The quantitative estimate of drug-likeness (QED) is 0.696. The summed E-state index contributed by atoms with van der Waals surface area (Å²) >= 11 is 0. The molecule has 2 amide bonds. The van der Waals surface area contributed by atoms with Crippen molar-refractivity contribution in [1.82, 2.24) is 25.2 Å². The molecule has 9 heteroatoms. The maximum Gasteiger partial charge on any atom is 0.315 e. The van der Waals surface area contributed by atoms with E-state index >= 15 is 0 Å². The standard InChI is InChI=1S/C21H28N6O3/c1-2-10-27-18-17(6-3-9-22-18)25-19(20(27)28)26-11-7-15(8-12-26)24-21(29)23-14-16-5-4-13-30-16/h2-3,6,9,15-16H,1,4-5,7-8,10-14H2,(H2,23,24,29). The number of pyridine rings is 1. The van der Waals surface area contributed by atoms with Gasteiger partial charge in [0.2, 0.25) is 0 Å². The lowest BCUT2D eigenvalue weighted by Gasteiger charge is -2.33. The molecule has 2 N–H and O–H groups in total. The number of carbonyl (C=O) groups is 1. The molecule has 0 radical (unpaired) electrons. The highest BCUT2D eigenvalue weighted by Gasteiger charge is 2.25. The third-order valence-electron chi connectivity index (χ3n) is 5.64. The number of fused-ring (bicyclic) bond motifs is 1. The SMILES string of the molecule is C=CCn1c(=O)c(N2CCC(NC(=O)NCC3CCCO3)CC2)nc2cccnc21. The molecule has 1 atom stereocenters. The van der Waals surface area contributed by atoms with Crippen LogP contribution in [0.5, 0.6) is 0 Å². The second-order valence-electron chi connectivity index (χ2n) is 7.74. The van der Waals surface area contributed by atoms with Crippen LogP contribution in [-0.4, -0.2) is 59.0 Å². The van der Waals surface area contributed by atoms with Crippen molar-refractivity contribution in [3.05, 3.63) is 41.3 Å². The zero-order chi connectivity index (χ0) is 20.9. The Morgan fingerprint density at radius 2 is 2.17 bits per heavy atom. The van der Waals surface area contributed by atoms with E-state index < -0.39 is 0 Å². The van der Waals surface area contributed by atoms with Crippen molar-refractivity contribution < 1.29 is 9.53 Å². The number of rotatable bonds is 6. The first-order valence-corrected chi connectivity index (χ1v) is 10.5. The first kappa shape index (κ1) is 20.3. The molecular weight excluding hydrogens is 384 g/mol. The maximum absolute atomic E-state index is 13.0. The average Bonchev–Trinajstić information content (AvgIpc) is 3.29. The minimum Gasteiger partial charge on any atom is -0.376 e. The van der Waals surface area contributed by atoms with Crippen LogP contribution in [0.3, 0.4) is 0 Å². The van der Waals surface area contributed by atoms with E-state index in [4.69, 9.17) is 4.74 Å². The van der Waals surface area contributed by atoms with Gasteiger partial charge >= 0.3 is 6.03 Å². The Labute approximate surface area is 175 Å². The molecule has 1 unspecified atom stereocenters.